The predicted molar refractivity (Wildman–Crippen MR) is 106 cm³/mol. The molecule has 2 heterocycles. The largest absolute Gasteiger partial charge is 0.341 e. The molecule has 3 rings (SSSR count). The molecular formula is C17H17BrN4OS2. The van der Waals surface area contributed by atoms with E-state index >= 15 is 0 Å². The number of aromatic amines is 1. The van der Waals surface area contributed by atoms with Crippen LogP contribution < -0.4 is 0 Å². The van der Waals surface area contributed by atoms with Crippen molar-refractivity contribution < 1.29 is 4.79 Å². The van der Waals surface area contributed by atoms with Crippen LogP contribution in [0.25, 0.3) is 10.7 Å². The first kappa shape index (κ1) is 18.0. The summed E-state index contributed by atoms with van der Waals surface area (Å²) in [6.45, 7) is 1.07. The van der Waals surface area contributed by atoms with Gasteiger partial charge in [0, 0.05) is 31.0 Å². The van der Waals surface area contributed by atoms with Crippen LogP contribution in [0.4, 0.5) is 0 Å². The van der Waals surface area contributed by atoms with Gasteiger partial charge in [0.05, 0.1) is 4.88 Å². The van der Waals surface area contributed by atoms with E-state index in [1.807, 2.05) is 53.4 Å². The Morgan fingerprint density at radius 1 is 1.36 bits per heavy atom. The topological polar surface area (TPSA) is 53.9 Å². The number of thiophene rings is 1. The van der Waals surface area contributed by atoms with Crippen molar-refractivity contribution in [2.45, 2.75) is 19.5 Å². The maximum absolute atomic E-state index is 12.5. The molecule has 0 unspecified atom stereocenters. The zero-order chi connectivity index (χ0) is 17.8. The molecule has 1 aromatic carbocycles. The van der Waals surface area contributed by atoms with E-state index in [2.05, 4.69) is 26.1 Å². The summed E-state index contributed by atoms with van der Waals surface area (Å²) in [4.78, 5) is 15.3. The summed E-state index contributed by atoms with van der Waals surface area (Å²) in [6.07, 6.45) is 0.368. The summed E-state index contributed by atoms with van der Waals surface area (Å²) < 4.78 is 3.42. The van der Waals surface area contributed by atoms with Crippen molar-refractivity contribution in [3.8, 4) is 10.7 Å². The second-order valence-electron chi connectivity index (χ2n) is 5.57. The first-order chi connectivity index (χ1) is 12.1. The van der Waals surface area contributed by atoms with E-state index in [1.165, 1.54) is 0 Å². The third kappa shape index (κ3) is 4.26. The molecule has 0 atom stereocenters. The average Bonchev–Trinajstić information content (AvgIpc) is 3.24. The summed E-state index contributed by atoms with van der Waals surface area (Å²) in [7, 11) is 1.82. The summed E-state index contributed by atoms with van der Waals surface area (Å²) in [6, 6.07) is 11.9. The van der Waals surface area contributed by atoms with Gasteiger partial charge in [-0.1, -0.05) is 40.2 Å². The van der Waals surface area contributed by atoms with Crippen molar-refractivity contribution in [3.63, 3.8) is 0 Å². The number of rotatable bonds is 6. The Morgan fingerprint density at radius 2 is 2.16 bits per heavy atom. The van der Waals surface area contributed by atoms with Crippen LogP contribution in [0, 0.1) is 4.77 Å². The van der Waals surface area contributed by atoms with E-state index in [4.69, 9.17) is 12.2 Å². The van der Waals surface area contributed by atoms with Crippen LogP contribution in [0.1, 0.15) is 12.0 Å². The van der Waals surface area contributed by atoms with Gasteiger partial charge < -0.3 is 4.90 Å². The van der Waals surface area contributed by atoms with Crippen molar-refractivity contribution in [1.82, 2.24) is 19.7 Å². The van der Waals surface area contributed by atoms with E-state index in [9.17, 15) is 4.79 Å². The second kappa shape index (κ2) is 8.07. The Kier molecular flexibility index (Phi) is 5.82. The zero-order valence-electron chi connectivity index (χ0n) is 13.6. The Hall–Kier alpha value is -1.77. The lowest BCUT2D eigenvalue weighted by atomic mass is 10.2. The minimum Gasteiger partial charge on any atom is -0.341 e. The maximum atomic E-state index is 12.5. The standard InChI is InChI=1S/C17H17BrN4OS2/c1-21(11-12-5-2-3-6-13(12)18)15(23)8-9-22-16(19-20-17(22)24)14-7-4-10-25-14/h2-7,10H,8-9,11H2,1H3,(H,20,24). The van der Waals surface area contributed by atoms with E-state index < -0.39 is 0 Å². The van der Waals surface area contributed by atoms with Gasteiger partial charge in [-0.3, -0.25) is 14.5 Å². The second-order valence-corrected chi connectivity index (χ2v) is 7.76. The highest BCUT2D eigenvalue weighted by molar-refractivity contribution is 9.10. The minimum absolute atomic E-state index is 0.0657. The predicted octanol–water partition coefficient (Wildman–Crippen LogP) is 4.48. The lowest BCUT2D eigenvalue weighted by Crippen LogP contribution is -2.27. The Morgan fingerprint density at radius 3 is 2.88 bits per heavy atom. The number of hydrogen-bond acceptors (Lipinski definition) is 4. The van der Waals surface area contributed by atoms with Crippen molar-refractivity contribution in [3.05, 3.63) is 56.6 Å². The highest BCUT2D eigenvalue weighted by Crippen LogP contribution is 2.23. The van der Waals surface area contributed by atoms with Crippen LogP contribution in [0.15, 0.2) is 46.3 Å². The molecule has 0 spiro atoms. The number of nitrogens with one attached hydrogen (secondary N) is 1. The van der Waals surface area contributed by atoms with Gasteiger partial charge in [0.25, 0.3) is 0 Å². The molecule has 0 saturated carbocycles. The fourth-order valence-corrected chi connectivity index (χ4v) is 3.84. The van der Waals surface area contributed by atoms with Gasteiger partial charge in [0.2, 0.25) is 5.91 Å². The van der Waals surface area contributed by atoms with Crippen molar-refractivity contribution in [2.24, 2.45) is 0 Å². The molecule has 5 nitrogen and oxygen atoms in total. The molecular weight excluding hydrogens is 420 g/mol. The molecule has 0 aliphatic heterocycles. The smallest absolute Gasteiger partial charge is 0.224 e. The Bertz CT molecular complexity index is 917. The number of hydrogen-bond donors (Lipinski definition) is 1. The molecule has 2 aromatic heterocycles. The molecule has 3 aromatic rings. The van der Waals surface area contributed by atoms with Gasteiger partial charge in [-0.05, 0) is 35.3 Å². The number of carbonyl (C=O) groups is 1. The molecule has 0 radical (unpaired) electrons. The quantitative estimate of drug-likeness (QED) is 0.579. The van der Waals surface area contributed by atoms with Gasteiger partial charge >= 0.3 is 0 Å². The number of halogens is 1. The molecule has 0 aliphatic carbocycles. The monoisotopic (exact) mass is 436 g/mol. The molecule has 0 fully saturated rings. The number of nitrogens with zero attached hydrogens (tertiary/aromatic N) is 3. The van der Waals surface area contributed by atoms with Crippen molar-refractivity contribution in [1.29, 1.82) is 0 Å². The molecule has 25 heavy (non-hydrogen) atoms. The van der Waals surface area contributed by atoms with Gasteiger partial charge in [-0.15, -0.1) is 11.3 Å². The van der Waals surface area contributed by atoms with Gasteiger partial charge in [-0.2, -0.15) is 5.10 Å². The number of benzene rings is 1. The number of H-pyrrole nitrogens is 1. The van der Waals surface area contributed by atoms with Crippen molar-refractivity contribution in [2.75, 3.05) is 7.05 Å². The SMILES string of the molecule is CN(Cc1ccccc1Br)C(=O)CCn1c(-c2cccs2)n[nH]c1=S. The fourth-order valence-electron chi connectivity index (χ4n) is 2.49. The third-order valence-electron chi connectivity index (χ3n) is 3.84. The first-order valence-corrected chi connectivity index (χ1v) is 9.81. The van der Waals surface area contributed by atoms with Gasteiger partial charge in [-0.25, -0.2) is 0 Å². The third-order valence-corrected chi connectivity index (χ3v) is 5.79. The minimum atomic E-state index is 0.0657. The average molecular weight is 437 g/mol. The lowest BCUT2D eigenvalue weighted by Gasteiger charge is -2.18. The summed E-state index contributed by atoms with van der Waals surface area (Å²) >= 11 is 10.4. The van der Waals surface area contributed by atoms with Crippen LogP contribution >= 0.6 is 39.5 Å². The van der Waals surface area contributed by atoms with Gasteiger partial charge in [0.15, 0.2) is 10.6 Å². The van der Waals surface area contributed by atoms with Crippen LogP contribution in [0.5, 0.6) is 0 Å². The van der Waals surface area contributed by atoms with Crippen LogP contribution in [-0.2, 0) is 17.9 Å². The number of amides is 1. The first-order valence-electron chi connectivity index (χ1n) is 7.72. The van der Waals surface area contributed by atoms with E-state index in [0.717, 1.165) is 20.7 Å². The summed E-state index contributed by atoms with van der Waals surface area (Å²) in [5.74, 6) is 0.845. The molecule has 0 bridgehead atoms. The normalized spacial score (nSPS) is 10.8. The van der Waals surface area contributed by atoms with E-state index in [-0.39, 0.29) is 5.91 Å². The Balaban J connectivity index is 1.66. The van der Waals surface area contributed by atoms with Crippen molar-refractivity contribution >= 4 is 45.4 Å². The maximum Gasteiger partial charge on any atom is 0.224 e. The van der Waals surface area contributed by atoms with E-state index in [0.29, 0.717) is 24.3 Å². The van der Waals surface area contributed by atoms with E-state index in [1.54, 1.807) is 16.2 Å². The highest BCUT2D eigenvalue weighted by atomic mass is 79.9. The highest BCUT2D eigenvalue weighted by Gasteiger charge is 2.14. The molecule has 1 amide bonds. The molecule has 130 valence electrons. The Labute approximate surface area is 163 Å². The van der Waals surface area contributed by atoms with Crippen LogP contribution in [0.3, 0.4) is 0 Å². The lowest BCUT2D eigenvalue weighted by molar-refractivity contribution is -0.130. The molecule has 8 heteroatoms. The number of aromatic nitrogens is 3. The zero-order valence-corrected chi connectivity index (χ0v) is 16.8. The fraction of sp³-hybridized carbons (Fsp3) is 0.235. The molecule has 1 N–H and O–H groups in total. The van der Waals surface area contributed by atoms with Crippen LogP contribution in [0.2, 0.25) is 0 Å². The molecule has 0 aliphatic rings. The molecule has 0 saturated heterocycles. The number of carbonyl (C=O) groups excluding carboxylic acids is 1. The summed E-state index contributed by atoms with van der Waals surface area (Å²) in [5.41, 5.74) is 1.08. The van der Waals surface area contributed by atoms with Gasteiger partial charge in [0.1, 0.15) is 0 Å². The van der Waals surface area contributed by atoms with Crippen LogP contribution in [-0.4, -0.2) is 32.6 Å². The summed E-state index contributed by atoms with van der Waals surface area (Å²) in [5, 5.41) is 9.10.